The van der Waals surface area contributed by atoms with Crippen molar-refractivity contribution in [1.29, 1.82) is 0 Å². The van der Waals surface area contributed by atoms with Gasteiger partial charge in [0.15, 0.2) is 0 Å². The van der Waals surface area contributed by atoms with Crippen molar-refractivity contribution in [3.8, 4) is 5.75 Å². The van der Waals surface area contributed by atoms with Crippen molar-refractivity contribution >= 4 is 44.5 Å². The van der Waals surface area contributed by atoms with Crippen molar-refractivity contribution in [3.63, 3.8) is 0 Å². The molecular weight excluding hydrogens is 320 g/mol. The van der Waals surface area contributed by atoms with Gasteiger partial charge in [0.05, 0.1) is 5.69 Å². The van der Waals surface area contributed by atoms with Crippen molar-refractivity contribution < 1.29 is 5.11 Å². The summed E-state index contributed by atoms with van der Waals surface area (Å²) in [6, 6.07) is 22.5. The highest BCUT2D eigenvalue weighted by Crippen LogP contribution is 2.42. The predicted octanol–water partition coefficient (Wildman–Crippen LogP) is 6.77. The first-order valence-corrected chi connectivity index (χ1v) is 7.91. The molecule has 0 aliphatic heterocycles. The molecule has 4 aromatic carbocycles. The molecule has 0 fully saturated rings. The van der Waals surface area contributed by atoms with E-state index in [9.17, 15) is 5.11 Å². The van der Waals surface area contributed by atoms with E-state index in [2.05, 4.69) is 10.2 Å². The lowest BCUT2D eigenvalue weighted by Crippen LogP contribution is -1.80. The molecule has 0 spiro atoms. The molecule has 24 heavy (non-hydrogen) atoms. The van der Waals surface area contributed by atoms with Crippen LogP contribution in [0.2, 0.25) is 5.02 Å². The van der Waals surface area contributed by atoms with E-state index < -0.39 is 0 Å². The van der Waals surface area contributed by atoms with Gasteiger partial charge < -0.3 is 5.11 Å². The second-order valence-corrected chi connectivity index (χ2v) is 5.90. The van der Waals surface area contributed by atoms with E-state index in [0.29, 0.717) is 5.02 Å². The molecule has 1 N–H and O–H groups in total. The first-order valence-electron chi connectivity index (χ1n) is 7.54. The van der Waals surface area contributed by atoms with Gasteiger partial charge in [-0.05, 0) is 24.3 Å². The minimum Gasteiger partial charge on any atom is -0.507 e. The van der Waals surface area contributed by atoms with Crippen LogP contribution in [0.4, 0.5) is 11.4 Å². The largest absolute Gasteiger partial charge is 0.507 e. The van der Waals surface area contributed by atoms with Crippen LogP contribution < -0.4 is 0 Å². The molecule has 0 bridgehead atoms. The van der Waals surface area contributed by atoms with Crippen molar-refractivity contribution in [2.45, 2.75) is 0 Å². The molecule has 3 nitrogen and oxygen atoms in total. The fourth-order valence-corrected chi connectivity index (χ4v) is 2.93. The standard InChI is InChI=1S/C20H13ClN2O/c21-13-9-11-14(12-10-13)22-23-19-15-5-1-3-7-17(15)20(24)18-8-4-2-6-16(18)19/h1-12,24H. The predicted molar refractivity (Wildman–Crippen MR) is 98.7 cm³/mol. The maximum absolute atomic E-state index is 10.6. The second-order valence-electron chi connectivity index (χ2n) is 5.46. The van der Waals surface area contributed by atoms with Crippen LogP contribution >= 0.6 is 11.6 Å². The Kier molecular flexibility index (Phi) is 3.63. The van der Waals surface area contributed by atoms with Gasteiger partial charge >= 0.3 is 0 Å². The Bertz CT molecular complexity index is 1020. The maximum atomic E-state index is 10.6. The Balaban J connectivity index is 1.98. The first-order chi connectivity index (χ1) is 11.7. The minimum absolute atomic E-state index is 0.270. The molecule has 0 saturated carbocycles. The maximum Gasteiger partial charge on any atom is 0.131 e. The number of phenols is 1. The smallest absolute Gasteiger partial charge is 0.131 e. The van der Waals surface area contributed by atoms with Crippen LogP contribution in [-0.2, 0) is 0 Å². The van der Waals surface area contributed by atoms with Crippen LogP contribution in [0.1, 0.15) is 0 Å². The number of rotatable bonds is 2. The monoisotopic (exact) mass is 332 g/mol. The Labute approximate surface area is 143 Å². The zero-order chi connectivity index (χ0) is 16.5. The average molecular weight is 333 g/mol. The number of hydrogen-bond acceptors (Lipinski definition) is 3. The summed E-state index contributed by atoms with van der Waals surface area (Å²) < 4.78 is 0. The quantitative estimate of drug-likeness (QED) is 0.319. The molecule has 0 aliphatic carbocycles. The van der Waals surface area contributed by atoms with Gasteiger partial charge in [0.2, 0.25) is 0 Å². The van der Waals surface area contributed by atoms with Crippen LogP contribution in [0.5, 0.6) is 5.75 Å². The van der Waals surface area contributed by atoms with E-state index in [1.807, 2.05) is 60.7 Å². The Morgan fingerprint density at radius 3 is 1.67 bits per heavy atom. The van der Waals surface area contributed by atoms with E-state index >= 15 is 0 Å². The summed E-state index contributed by atoms with van der Waals surface area (Å²) in [6.45, 7) is 0. The molecule has 0 aromatic heterocycles. The molecule has 4 aromatic rings. The zero-order valence-corrected chi connectivity index (χ0v) is 13.4. The summed E-state index contributed by atoms with van der Waals surface area (Å²) >= 11 is 5.90. The van der Waals surface area contributed by atoms with Gasteiger partial charge in [-0.1, -0.05) is 60.1 Å². The first kappa shape index (κ1) is 14.7. The highest BCUT2D eigenvalue weighted by molar-refractivity contribution is 6.30. The van der Waals surface area contributed by atoms with Crippen LogP contribution in [0.3, 0.4) is 0 Å². The highest BCUT2D eigenvalue weighted by atomic mass is 35.5. The second kappa shape index (κ2) is 5.95. The van der Waals surface area contributed by atoms with E-state index in [1.165, 1.54) is 0 Å². The van der Waals surface area contributed by atoms with Gasteiger partial charge in [-0.3, -0.25) is 0 Å². The third kappa shape index (κ3) is 2.49. The van der Waals surface area contributed by atoms with E-state index in [0.717, 1.165) is 32.9 Å². The number of hydrogen-bond donors (Lipinski definition) is 1. The highest BCUT2D eigenvalue weighted by Gasteiger charge is 2.12. The molecule has 0 saturated heterocycles. The number of benzene rings is 4. The summed E-state index contributed by atoms with van der Waals surface area (Å²) in [5, 5.41) is 23.3. The SMILES string of the molecule is Oc1c2ccccc2c(N=Nc2ccc(Cl)cc2)c2ccccc12. The molecule has 4 heteroatoms. The third-order valence-electron chi connectivity index (χ3n) is 3.97. The summed E-state index contributed by atoms with van der Waals surface area (Å²) in [6.07, 6.45) is 0. The molecule has 0 radical (unpaired) electrons. The van der Waals surface area contributed by atoms with Crippen LogP contribution in [-0.4, -0.2) is 5.11 Å². The van der Waals surface area contributed by atoms with Gasteiger partial charge in [-0.15, -0.1) is 5.11 Å². The minimum atomic E-state index is 0.270. The van der Waals surface area contributed by atoms with E-state index in [-0.39, 0.29) is 5.75 Å². The lowest BCUT2D eigenvalue weighted by Gasteiger charge is -2.09. The van der Waals surface area contributed by atoms with Crippen molar-refractivity contribution in [3.05, 3.63) is 77.8 Å². The molecule has 0 amide bonds. The van der Waals surface area contributed by atoms with E-state index in [1.54, 1.807) is 12.1 Å². The molecule has 0 aliphatic rings. The fraction of sp³-hybridized carbons (Fsp3) is 0. The van der Waals surface area contributed by atoms with Gasteiger partial charge in [0, 0.05) is 26.6 Å². The molecular formula is C20H13ClN2O. The molecule has 0 heterocycles. The summed E-state index contributed by atoms with van der Waals surface area (Å²) in [5.41, 5.74) is 1.47. The number of azo groups is 1. The summed E-state index contributed by atoms with van der Waals surface area (Å²) in [5.74, 6) is 0.270. The van der Waals surface area contributed by atoms with E-state index in [4.69, 9.17) is 11.6 Å². The Hall–Kier alpha value is -2.91. The molecule has 116 valence electrons. The summed E-state index contributed by atoms with van der Waals surface area (Å²) in [4.78, 5) is 0. The van der Waals surface area contributed by atoms with Crippen molar-refractivity contribution in [2.75, 3.05) is 0 Å². The van der Waals surface area contributed by atoms with Crippen LogP contribution in [0.25, 0.3) is 21.5 Å². The lowest BCUT2D eigenvalue weighted by atomic mass is 10.00. The number of halogens is 1. The fourth-order valence-electron chi connectivity index (χ4n) is 2.81. The molecule has 4 rings (SSSR count). The average Bonchev–Trinajstić information content (AvgIpc) is 2.63. The topological polar surface area (TPSA) is 45.0 Å². The van der Waals surface area contributed by atoms with Gasteiger partial charge in [-0.2, -0.15) is 5.11 Å². The summed E-state index contributed by atoms with van der Waals surface area (Å²) in [7, 11) is 0. The van der Waals surface area contributed by atoms with Crippen LogP contribution in [0.15, 0.2) is 83.0 Å². The number of nitrogens with zero attached hydrogens (tertiary/aromatic N) is 2. The van der Waals surface area contributed by atoms with Crippen molar-refractivity contribution in [2.24, 2.45) is 10.2 Å². The third-order valence-corrected chi connectivity index (χ3v) is 4.22. The Morgan fingerprint density at radius 1 is 0.625 bits per heavy atom. The number of aromatic hydroxyl groups is 1. The lowest BCUT2D eigenvalue weighted by molar-refractivity contribution is 0.488. The van der Waals surface area contributed by atoms with Crippen molar-refractivity contribution in [1.82, 2.24) is 0 Å². The number of fused-ring (bicyclic) bond motifs is 2. The van der Waals surface area contributed by atoms with Gasteiger partial charge in [-0.25, -0.2) is 0 Å². The number of phenolic OH excluding ortho intramolecular Hbond substituents is 1. The molecule has 0 unspecified atom stereocenters. The Morgan fingerprint density at radius 2 is 1.12 bits per heavy atom. The normalized spacial score (nSPS) is 11.5. The van der Waals surface area contributed by atoms with Gasteiger partial charge in [0.25, 0.3) is 0 Å². The zero-order valence-electron chi connectivity index (χ0n) is 12.6. The van der Waals surface area contributed by atoms with Gasteiger partial charge in [0.1, 0.15) is 11.4 Å². The van der Waals surface area contributed by atoms with Crippen LogP contribution in [0, 0.1) is 0 Å². The molecule has 0 atom stereocenters.